The third-order valence-corrected chi connectivity index (χ3v) is 10.6. The molecule has 0 spiro atoms. The largest absolute Gasteiger partial charge is 1.00 e. The Bertz CT molecular complexity index is 2540. The third kappa shape index (κ3) is 15.5. The number of rotatable bonds is 17. The third-order valence-electron chi connectivity index (χ3n) is 7.01. The van der Waals surface area contributed by atoms with E-state index in [1.807, 2.05) is 0 Å². The van der Waals surface area contributed by atoms with Gasteiger partial charge in [0, 0.05) is 23.3 Å². The van der Waals surface area contributed by atoms with Crippen molar-refractivity contribution in [3.63, 3.8) is 0 Å². The van der Waals surface area contributed by atoms with E-state index in [0.717, 1.165) is 6.07 Å². The van der Waals surface area contributed by atoms with Crippen LogP contribution < -0.4 is 104 Å². The Morgan fingerprint density at radius 2 is 1.53 bits per heavy atom. The molecule has 4 aromatic carbocycles. The number of nitrogens with one attached hydrogen (secondary N) is 1. The molecule has 20 nitrogen and oxygen atoms in total. The first-order valence-corrected chi connectivity index (χ1v) is 20.0. The standard InChI is InChI=1S/C29H26FN7O13S4.CH4.3Na/c30-27-32-28(34-29(33-27)37(20-6-2-1-3-7-20)12-14-52(40,41)15-13-48-54(45,46)47)31-19-11-10-18-16-23(51-50-49-39)25(26(38)21(18)17-19)36-35-22-8-4-5-9-24(22)53(42,43)44;;;;/h1-11,16-17,38-39H,12-15H2,(H,42,43,44)(H,45,46,47)(H,31,32,33,34);1H4;;;/q;;3*+1/p-3. The number of phenolic OH excluding ortho intramolecular Hbond substituents is 1. The number of aromatic nitrogens is 3. The second-order valence-electron chi connectivity index (χ2n) is 10.6. The van der Waals surface area contributed by atoms with Crippen molar-refractivity contribution in [1.82, 2.24) is 15.0 Å². The number of benzene rings is 4. The molecular formula is C30H27FN7Na3O13S4. The average Bonchev–Trinajstić information content (AvgIpc) is 3.10. The summed E-state index contributed by atoms with van der Waals surface area (Å²) in [5, 5.41) is 36.2. The van der Waals surface area contributed by atoms with E-state index in [-0.39, 0.29) is 142 Å². The molecule has 0 aliphatic carbocycles. The van der Waals surface area contributed by atoms with Gasteiger partial charge in [-0.15, -0.1) is 10.2 Å². The number of aromatic hydroxyl groups is 1. The molecule has 0 radical (unpaired) electrons. The summed E-state index contributed by atoms with van der Waals surface area (Å²) in [5.74, 6) is -2.68. The normalized spacial score (nSPS) is 11.5. The van der Waals surface area contributed by atoms with Crippen molar-refractivity contribution in [2.24, 2.45) is 10.2 Å². The maximum Gasteiger partial charge on any atom is 1.00 e. The Morgan fingerprint density at radius 1 is 0.862 bits per heavy atom. The van der Waals surface area contributed by atoms with Crippen LogP contribution in [-0.2, 0) is 43.9 Å². The number of azo groups is 1. The summed E-state index contributed by atoms with van der Waals surface area (Å²) in [6.45, 7) is -1.25. The minimum absolute atomic E-state index is 0. The Morgan fingerprint density at radius 3 is 2.19 bits per heavy atom. The van der Waals surface area contributed by atoms with Crippen molar-refractivity contribution < 1.29 is 151 Å². The smallest absolute Gasteiger partial charge is 0.744 e. The number of hydrogen-bond acceptors (Lipinski definition) is 21. The fourth-order valence-electron chi connectivity index (χ4n) is 4.68. The van der Waals surface area contributed by atoms with E-state index in [9.17, 15) is 49.1 Å². The quantitative estimate of drug-likeness (QED) is 0.0168. The summed E-state index contributed by atoms with van der Waals surface area (Å²) >= 11 is 0.344. The van der Waals surface area contributed by atoms with E-state index in [4.69, 9.17) is 0 Å². The van der Waals surface area contributed by atoms with Crippen molar-refractivity contribution in [3.8, 4) is 5.75 Å². The maximum absolute atomic E-state index is 14.9. The van der Waals surface area contributed by atoms with Crippen LogP contribution in [0.5, 0.6) is 5.75 Å². The topological polar surface area (TPSA) is 298 Å². The molecule has 0 saturated heterocycles. The van der Waals surface area contributed by atoms with Crippen molar-refractivity contribution in [1.29, 1.82) is 0 Å². The molecule has 0 atom stereocenters. The van der Waals surface area contributed by atoms with Crippen LogP contribution in [0, 0.1) is 6.08 Å². The van der Waals surface area contributed by atoms with Gasteiger partial charge < -0.3 is 29.7 Å². The maximum atomic E-state index is 14.9. The van der Waals surface area contributed by atoms with Crippen LogP contribution in [0.1, 0.15) is 7.43 Å². The fraction of sp³-hybridized carbons (Fsp3) is 0.167. The summed E-state index contributed by atoms with van der Waals surface area (Å²) in [7, 11) is -14.1. The van der Waals surface area contributed by atoms with E-state index >= 15 is 0 Å². The number of hydrogen-bond donors (Lipinski definition) is 2. The molecule has 0 fully saturated rings. The van der Waals surface area contributed by atoms with Gasteiger partial charge in [0.05, 0.1) is 39.9 Å². The number of fused-ring (bicyclic) bond motifs is 1. The van der Waals surface area contributed by atoms with Gasteiger partial charge in [-0.1, -0.05) is 43.8 Å². The van der Waals surface area contributed by atoms with Crippen molar-refractivity contribution >= 4 is 87.8 Å². The summed E-state index contributed by atoms with van der Waals surface area (Å²) < 4.78 is 116. The van der Waals surface area contributed by atoms with Crippen molar-refractivity contribution in [2.45, 2.75) is 17.2 Å². The molecule has 58 heavy (non-hydrogen) atoms. The number of halogens is 1. The molecule has 1 aromatic heterocycles. The number of sulfone groups is 1. The second kappa shape index (κ2) is 23.9. The van der Waals surface area contributed by atoms with Crippen LogP contribution in [0.4, 0.5) is 39.0 Å². The van der Waals surface area contributed by atoms with Crippen LogP contribution >= 0.6 is 12.0 Å². The molecule has 0 aliphatic rings. The summed E-state index contributed by atoms with van der Waals surface area (Å²) in [4.78, 5) is 12.2. The molecule has 0 unspecified atom stereocenters. The zero-order valence-electron chi connectivity index (χ0n) is 29.9. The minimum Gasteiger partial charge on any atom is -0.744 e. The van der Waals surface area contributed by atoms with E-state index < -0.39 is 65.2 Å². The van der Waals surface area contributed by atoms with Crippen molar-refractivity contribution in [3.05, 3.63) is 84.9 Å². The van der Waals surface area contributed by atoms with E-state index in [2.05, 4.69) is 44.1 Å². The molecule has 28 heteroatoms. The Hall–Kier alpha value is -1.96. The molecule has 5 rings (SSSR count). The molecule has 0 aliphatic heterocycles. The summed E-state index contributed by atoms with van der Waals surface area (Å²) in [5.41, 5.74) is -0.168. The number of phenols is 1. The zero-order chi connectivity index (χ0) is 39.1. The first-order chi connectivity index (χ1) is 25.5. The Balaban J connectivity index is 0.00000420. The first-order valence-electron chi connectivity index (χ1n) is 14.7. The molecule has 0 saturated carbocycles. The second-order valence-corrected chi connectivity index (χ2v) is 16.0. The molecule has 294 valence electrons. The Kier molecular flexibility index (Phi) is 22.3. The van der Waals surface area contributed by atoms with E-state index in [1.54, 1.807) is 30.3 Å². The molecule has 0 amide bonds. The SMILES string of the molecule is C.O=S(=O)(CCOS(=O)(=O)[O-])CCN(c1ccccc1)c1nc(F)nc(Nc2ccc3cc(SOO[O-])c(N=Nc4ccccc4S(=O)(=O)[O-])c(O)c3c2)n1.[Na+].[Na+].[Na+]. The number of nitrogens with zero attached hydrogens (tertiary/aromatic N) is 6. The fourth-order valence-corrected chi connectivity index (χ4v) is 7.18. The van der Waals surface area contributed by atoms with Crippen LogP contribution in [0.3, 0.4) is 0 Å². The van der Waals surface area contributed by atoms with Gasteiger partial charge in [0.1, 0.15) is 21.5 Å². The van der Waals surface area contributed by atoms with Crippen LogP contribution in [0.15, 0.2) is 98.9 Å². The van der Waals surface area contributed by atoms with Gasteiger partial charge in [-0.2, -0.15) is 23.7 Å². The predicted molar refractivity (Wildman–Crippen MR) is 190 cm³/mol. The van der Waals surface area contributed by atoms with Gasteiger partial charge >= 0.3 is 94.8 Å². The van der Waals surface area contributed by atoms with Crippen LogP contribution in [-0.4, -0.2) is 79.1 Å². The van der Waals surface area contributed by atoms with E-state index in [0.29, 0.717) is 23.1 Å². The van der Waals surface area contributed by atoms with Crippen molar-refractivity contribution in [2.75, 3.05) is 34.9 Å². The Labute approximate surface area is 402 Å². The van der Waals surface area contributed by atoms with Gasteiger partial charge in [0.25, 0.3) is 0 Å². The van der Waals surface area contributed by atoms with E-state index in [1.165, 1.54) is 47.4 Å². The number of para-hydroxylation sites is 1. The van der Waals surface area contributed by atoms with Gasteiger partial charge in [0.15, 0.2) is 15.6 Å². The zero-order valence-corrected chi connectivity index (χ0v) is 39.1. The molecule has 2 N–H and O–H groups in total. The minimum atomic E-state index is -5.11. The van der Waals surface area contributed by atoms with Crippen LogP contribution in [0.2, 0.25) is 0 Å². The summed E-state index contributed by atoms with van der Waals surface area (Å²) in [6.07, 6.45) is -1.27. The monoisotopic (exact) mass is 909 g/mol. The number of anilines is 4. The van der Waals surface area contributed by atoms with Crippen LogP contribution in [0.25, 0.3) is 10.8 Å². The van der Waals surface area contributed by atoms with Gasteiger partial charge in [0.2, 0.25) is 22.3 Å². The molecule has 5 aromatic rings. The first kappa shape index (κ1) is 54.1. The molecular weight excluding hydrogens is 883 g/mol. The average molecular weight is 910 g/mol. The molecule has 0 bridgehead atoms. The molecule has 1 heterocycles. The van der Waals surface area contributed by atoms with Gasteiger partial charge in [-0.05, 0) is 47.9 Å². The van der Waals surface area contributed by atoms with Gasteiger partial charge in [-0.25, -0.2) is 25.3 Å². The predicted octanol–water partition coefficient (Wildman–Crippen LogP) is -5.16. The van der Waals surface area contributed by atoms with Gasteiger partial charge in [-0.3, -0.25) is 9.22 Å². The summed E-state index contributed by atoms with van der Waals surface area (Å²) in [6, 6.07) is 18.7.